The van der Waals surface area contributed by atoms with Gasteiger partial charge in [-0.3, -0.25) is 9.59 Å². The largest absolute Gasteiger partial charge is 0.488 e. The summed E-state index contributed by atoms with van der Waals surface area (Å²) in [6.07, 6.45) is -0.948. The minimum Gasteiger partial charge on any atom is -0.488 e. The second-order valence-electron chi connectivity index (χ2n) is 8.38. The highest BCUT2D eigenvalue weighted by atomic mass is 32.2. The number of piperazine rings is 1. The molecule has 1 aromatic carbocycles. The Hall–Kier alpha value is -2.82. The number of nitrogens with zero attached hydrogens (tertiary/aromatic N) is 1. The second kappa shape index (κ2) is 8.19. The van der Waals surface area contributed by atoms with E-state index in [1.165, 1.54) is 0 Å². The summed E-state index contributed by atoms with van der Waals surface area (Å²) in [5, 5.41) is 3.33. The van der Waals surface area contributed by atoms with Crippen LogP contribution in [0.1, 0.15) is 6.92 Å². The van der Waals surface area contributed by atoms with Gasteiger partial charge in [0.2, 0.25) is 11.6 Å². The first-order valence-corrected chi connectivity index (χ1v) is 11.7. The third kappa shape index (κ3) is 3.35. The van der Waals surface area contributed by atoms with Crippen LogP contribution >= 0.6 is 11.8 Å². The van der Waals surface area contributed by atoms with E-state index in [-0.39, 0.29) is 53.8 Å². The number of ether oxygens (including phenoxy) is 3. The summed E-state index contributed by atoms with van der Waals surface area (Å²) < 4.78 is 16.9. The van der Waals surface area contributed by atoms with Crippen molar-refractivity contribution in [3.63, 3.8) is 0 Å². The van der Waals surface area contributed by atoms with Crippen molar-refractivity contribution in [3.05, 3.63) is 52.9 Å². The van der Waals surface area contributed by atoms with Gasteiger partial charge < -0.3 is 30.2 Å². The van der Waals surface area contributed by atoms with Gasteiger partial charge in [0.05, 0.1) is 24.3 Å². The molecule has 4 atom stereocenters. The van der Waals surface area contributed by atoms with Crippen molar-refractivity contribution in [3.8, 4) is 0 Å². The van der Waals surface area contributed by atoms with E-state index >= 15 is 0 Å². The molecule has 1 aliphatic carbocycles. The number of ketones is 2. The van der Waals surface area contributed by atoms with Crippen LogP contribution in [-0.4, -0.2) is 73.0 Å². The molecule has 1 aromatic rings. The van der Waals surface area contributed by atoms with Crippen molar-refractivity contribution in [1.82, 2.24) is 10.2 Å². The Morgan fingerprint density at radius 3 is 2.73 bits per heavy atom. The molecule has 2 saturated heterocycles. The Kier molecular flexibility index (Phi) is 5.46. The van der Waals surface area contributed by atoms with Gasteiger partial charge in [-0.2, -0.15) is 0 Å². The summed E-state index contributed by atoms with van der Waals surface area (Å²) in [4.78, 5) is 41.4. The van der Waals surface area contributed by atoms with E-state index in [0.29, 0.717) is 18.0 Å². The van der Waals surface area contributed by atoms with Gasteiger partial charge in [0, 0.05) is 41.5 Å². The van der Waals surface area contributed by atoms with Crippen molar-refractivity contribution >= 4 is 29.4 Å². The number of methoxy groups -OCH3 is 1. The number of fused-ring (bicyclic) bond motifs is 4. The first kappa shape index (κ1) is 22.0. The fourth-order valence-electron chi connectivity index (χ4n) is 5.26. The number of primary amides is 1. The molecule has 5 rings (SSSR count). The highest BCUT2D eigenvalue weighted by Gasteiger charge is 2.72. The average Bonchev–Trinajstić information content (AvgIpc) is 3.42. The van der Waals surface area contributed by atoms with Gasteiger partial charge in [-0.15, -0.1) is 11.8 Å². The molecule has 174 valence electrons. The molecule has 0 spiro atoms. The molecule has 0 aromatic heterocycles. The van der Waals surface area contributed by atoms with Crippen LogP contribution in [0.3, 0.4) is 0 Å². The maximum absolute atomic E-state index is 13.6. The number of carbonyl (C=O) groups excluding carboxylic acids is 3. The molecule has 0 bridgehead atoms. The highest BCUT2D eigenvalue weighted by molar-refractivity contribution is 7.99. The fourth-order valence-corrected chi connectivity index (χ4v) is 6.01. The van der Waals surface area contributed by atoms with Gasteiger partial charge in [-0.1, -0.05) is 18.2 Å². The van der Waals surface area contributed by atoms with E-state index in [4.69, 9.17) is 19.9 Å². The molecule has 3 N–H and O–H groups in total. The summed E-state index contributed by atoms with van der Waals surface area (Å²) in [7, 11) is 1.54. The Labute approximate surface area is 195 Å². The zero-order chi connectivity index (χ0) is 23.3. The van der Waals surface area contributed by atoms with Gasteiger partial charge in [0.1, 0.15) is 6.61 Å². The molecule has 1 amide bonds. The van der Waals surface area contributed by atoms with E-state index in [9.17, 15) is 14.4 Å². The molecule has 0 radical (unpaired) electrons. The van der Waals surface area contributed by atoms with E-state index < -0.39 is 17.7 Å². The van der Waals surface area contributed by atoms with Crippen LogP contribution in [0.2, 0.25) is 0 Å². The summed E-state index contributed by atoms with van der Waals surface area (Å²) in [6.45, 7) is 2.24. The molecule has 0 saturated carbocycles. The minimum atomic E-state index is -0.991. The molecule has 10 heteroatoms. The van der Waals surface area contributed by atoms with Crippen LogP contribution in [0.5, 0.6) is 0 Å². The van der Waals surface area contributed by atoms with Crippen LogP contribution in [0.25, 0.3) is 0 Å². The van der Waals surface area contributed by atoms with Crippen LogP contribution in [0, 0.1) is 5.92 Å². The van der Waals surface area contributed by atoms with E-state index in [1.807, 2.05) is 35.2 Å². The lowest BCUT2D eigenvalue weighted by Crippen LogP contribution is -2.55. The van der Waals surface area contributed by atoms with Gasteiger partial charge in [0.15, 0.2) is 11.5 Å². The monoisotopic (exact) mass is 471 g/mol. The first-order chi connectivity index (χ1) is 15.9. The quantitative estimate of drug-likeness (QED) is 0.249. The SMILES string of the molecule is CO[C@@]12[C@H](COC(N)=O)C3=C(C(=O)C(C)=C(OCCSc4ccccc4)C3=O)N1C[C@@H]1N[C@@H]12. The Morgan fingerprint density at radius 2 is 2.03 bits per heavy atom. The second-order valence-corrected chi connectivity index (χ2v) is 9.55. The third-order valence-corrected chi connectivity index (χ3v) is 7.69. The number of benzene rings is 1. The number of hydrogen-bond acceptors (Lipinski definition) is 9. The van der Waals surface area contributed by atoms with Crippen molar-refractivity contribution in [1.29, 1.82) is 0 Å². The zero-order valence-corrected chi connectivity index (χ0v) is 19.1. The number of allylic oxidation sites excluding steroid dienone is 2. The lowest BCUT2D eigenvalue weighted by molar-refractivity contribution is -0.137. The van der Waals surface area contributed by atoms with Crippen LogP contribution in [0.15, 0.2) is 57.8 Å². The summed E-state index contributed by atoms with van der Waals surface area (Å²) in [5.74, 6) is -0.641. The fraction of sp³-hybridized carbons (Fsp3) is 0.435. The average molecular weight is 472 g/mol. The number of nitrogens with two attached hydrogens (primary N) is 1. The summed E-state index contributed by atoms with van der Waals surface area (Å²) in [6, 6.07) is 9.93. The lowest BCUT2D eigenvalue weighted by Gasteiger charge is -2.39. The maximum atomic E-state index is 13.6. The molecule has 0 unspecified atom stereocenters. The van der Waals surface area contributed by atoms with Gasteiger partial charge in [0.25, 0.3) is 0 Å². The number of Topliss-reactive ketones (excluding diaryl/α,β-unsaturated/α-hetero) is 2. The van der Waals surface area contributed by atoms with Crippen LogP contribution < -0.4 is 11.1 Å². The van der Waals surface area contributed by atoms with E-state index in [0.717, 1.165) is 4.90 Å². The van der Waals surface area contributed by atoms with Crippen molar-refractivity contribution in [2.24, 2.45) is 11.7 Å². The number of rotatable bonds is 8. The van der Waals surface area contributed by atoms with Gasteiger partial charge in [-0.05, 0) is 19.1 Å². The van der Waals surface area contributed by atoms with Crippen LogP contribution in [-0.2, 0) is 23.8 Å². The van der Waals surface area contributed by atoms with Gasteiger partial charge in [-0.25, -0.2) is 4.79 Å². The molecule has 33 heavy (non-hydrogen) atoms. The van der Waals surface area contributed by atoms with Crippen molar-refractivity contribution < 1.29 is 28.6 Å². The molecular formula is C23H25N3O6S. The highest BCUT2D eigenvalue weighted by Crippen LogP contribution is 2.55. The first-order valence-electron chi connectivity index (χ1n) is 10.8. The zero-order valence-electron chi connectivity index (χ0n) is 18.3. The molecular weight excluding hydrogens is 446 g/mol. The molecule has 3 aliphatic heterocycles. The Balaban J connectivity index is 1.39. The number of amides is 1. The van der Waals surface area contributed by atoms with Crippen molar-refractivity contribution in [2.45, 2.75) is 29.6 Å². The molecule has 9 nitrogen and oxygen atoms in total. The topological polar surface area (TPSA) is 130 Å². The smallest absolute Gasteiger partial charge is 0.404 e. The lowest BCUT2D eigenvalue weighted by atomic mass is 9.83. The number of hydrogen-bond donors (Lipinski definition) is 2. The predicted molar refractivity (Wildman–Crippen MR) is 119 cm³/mol. The summed E-state index contributed by atoms with van der Waals surface area (Å²) in [5.41, 5.74) is 5.08. The Bertz CT molecular complexity index is 1090. The van der Waals surface area contributed by atoms with E-state index in [2.05, 4.69) is 5.32 Å². The summed E-state index contributed by atoms with van der Waals surface area (Å²) >= 11 is 1.60. The minimum absolute atomic E-state index is 0.0456. The number of nitrogens with one attached hydrogen (secondary N) is 1. The number of carbonyl (C=O) groups is 3. The standard InChI is InChI=1S/C23H25N3O6S/c1-12-18(27)17-16(19(28)20(12)31-8-9-33-13-6-4-3-5-7-13)14(11-32-22(24)29)23(30-2)21-15(25-21)10-26(17)23/h3-7,14-15,21,25H,8-11H2,1-2H3,(H2,24,29)/t14-,15+,21+,23-/m1/s1. The van der Waals surface area contributed by atoms with Gasteiger partial charge >= 0.3 is 6.09 Å². The third-order valence-electron chi connectivity index (χ3n) is 6.71. The molecule has 4 aliphatic rings. The Morgan fingerprint density at radius 1 is 1.27 bits per heavy atom. The number of thioether (sulfide) groups is 1. The van der Waals surface area contributed by atoms with E-state index in [1.54, 1.807) is 25.8 Å². The van der Waals surface area contributed by atoms with Crippen molar-refractivity contribution in [2.75, 3.05) is 32.6 Å². The molecule has 3 heterocycles. The normalized spacial score (nSPS) is 29.8. The maximum Gasteiger partial charge on any atom is 0.404 e. The predicted octanol–water partition coefficient (Wildman–Crippen LogP) is 1.20. The molecule has 2 fully saturated rings. The van der Waals surface area contributed by atoms with Crippen LogP contribution in [0.4, 0.5) is 4.79 Å².